The van der Waals surface area contributed by atoms with Gasteiger partial charge in [-0.2, -0.15) is 0 Å². The second-order valence-corrected chi connectivity index (χ2v) is 4.15. The molecule has 0 saturated carbocycles. The maximum atomic E-state index is 5.32. The van der Waals surface area contributed by atoms with Gasteiger partial charge in [0, 0.05) is 38.1 Å². The Kier molecular flexibility index (Phi) is 3.80. The Bertz CT molecular complexity index is 290. The molecule has 0 atom stereocenters. The third kappa shape index (κ3) is 3.08. The topological polar surface area (TPSA) is 17.4 Å². The van der Waals surface area contributed by atoms with Crippen LogP contribution in [0, 0.1) is 6.92 Å². The van der Waals surface area contributed by atoms with E-state index < -0.39 is 0 Å². The van der Waals surface area contributed by atoms with Crippen LogP contribution in [-0.2, 0) is 11.3 Å². The first kappa shape index (κ1) is 10.7. The molecule has 1 aromatic heterocycles. The number of aryl methyl sites for hydroxylation is 2. The molecule has 0 spiro atoms. The molecule has 3 nitrogen and oxygen atoms in total. The molecule has 3 heteroatoms. The van der Waals surface area contributed by atoms with Crippen molar-refractivity contribution in [3.8, 4) is 0 Å². The molecular weight excluding hydrogens is 188 g/mol. The van der Waals surface area contributed by atoms with Crippen molar-refractivity contribution < 1.29 is 4.74 Å². The van der Waals surface area contributed by atoms with Crippen molar-refractivity contribution in [2.75, 3.05) is 32.8 Å². The summed E-state index contributed by atoms with van der Waals surface area (Å²) in [7, 11) is 0. The predicted molar refractivity (Wildman–Crippen MR) is 61.0 cm³/mol. The number of morpholine rings is 1. The zero-order valence-corrected chi connectivity index (χ0v) is 9.48. The van der Waals surface area contributed by atoms with Gasteiger partial charge in [-0.1, -0.05) is 0 Å². The summed E-state index contributed by atoms with van der Waals surface area (Å²) in [5.41, 5.74) is 1.36. The first-order valence-electron chi connectivity index (χ1n) is 5.78. The standard InChI is InChI=1S/C12H20N2O/c1-12-4-2-6-14(12)7-3-5-13-8-10-15-11-9-13/h2,4,6H,3,5,7-11H2,1H3. The summed E-state index contributed by atoms with van der Waals surface area (Å²) in [6.07, 6.45) is 3.39. The van der Waals surface area contributed by atoms with Crippen molar-refractivity contribution in [1.29, 1.82) is 0 Å². The van der Waals surface area contributed by atoms with Gasteiger partial charge in [0.15, 0.2) is 0 Å². The van der Waals surface area contributed by atoms with Crippen molar-refractivity contribution in [2.24, 2.45) is 0 Å². The molecule has 1 fully saturated rings. The highest BCUT2D eigenvalue weighted by Gasteiger charge is 2.09. The molecule has 0 unspecified atom stereocenters. The van der Waals surface area contributed by atoms with Gasteiger partial charge in [0.1, 0.15) is 0 Å². The van der Waals surface area contributed by atoms with Gasteiger partial charge in [0.25, 0.3) is 0 Å². The molecule has 1 saturated heterocycles. The number of nitrogens with zero attached hydrogens (tertiary/aromatic N) is 2. The van der Waals surface area contributed by atoms with Crippen LogP contribution >= 0.6 is 0 Å². The van der Waals surface area contributed by atoms with E-state index in [2.05, 4.69) is 34.7 Å². The molecular formula is C12H20N2O. The predicted octanol–water partition coefficient (Wildman–Crippen LogP) is 1.52. The highest BCUT2D eigenvalue weighted by atomic mass is 16.5. The third-order valence-electron chi connectivity index (χ3n) is 3.03. The third-order valence-corrected chi connectivity index (χ3v) is 3.03. The van der Waals surface area contributed by atoms with Crippen molar-refractivity contribution in [2.45, 2.75) is 19.9 Å². The van der Waals surface area contributed by atoms with Crippen LogP contribution in [0.2, 0.25) is 0 Å². The van der Waals surface area contributed by atoms with Crippen LogP contribution in [0.4, 0.5) is 0 Å². The number of aromatic nitrogens is 1. The number of rotatable bonds is 4. The summed E-state index contributed by atoms with van der Waals surface area (Å²) in [6.45, 7) is 8.51. The molecule has 1 aliphatic rings. The Hall–Kier alpha value is -0.800. The smallest absolute Gasteiger partial charge is 0.0594 e. The lowest BCUT2D eigenvalue weighted by Gasteiger charge is -2.26. The van der Waals surface area contributed by atoms with E-state index >= 15 is 0 Å². The molecule has 0 bridgehead atoms. The Morgan fingerprint density at radius 2 is 2.07 bits per heavy atom. The normalized spacial score (nSPS) is 18.2. The fourth-order valence-electron chi connectivity index (χ4n) is 2.04. The van der Waals surface area contributed by atoms with Crippen LogP contribution in [-0.4, -0.2) is 42.3 Å². The monoisotopic (exact) mass is 208 g/mol. The van der Waals surface area contributed by atoms with Crippen LogP contribution in [0.5, 0.6) is 0 Å². The molecule has 0 aliphatic carbocycles. The van der Waals surface area contributed by atoms with Gasteiger partial charge in [-0.15, -0.1) is 0 Å². The summed E-state index contributed by atoms with van der Waals surface area (Å²) < 4.78 is 7.64. The van der Waals surface area contributed by atoms with Crippen LogP contribution in [0.25, 0.3) is 0 Å². The number of hydrogen-bond acceptors (Lipinski definition) is 2. The Morgan fingerprint density at radius 1 is 1.27 bits per heavy atom. The van der Waals surface area contributed by atoms with Gasteiger partial charge in [-0.3, -0.25) is 4.90 Å². The molecule has 0 radical (unpaired) electrons. The van der Waals surface area contributed by atoms with Crippen molar-refractivity contribution in [3.63, 3.8) is 0 Å². The Balaban J connectivity index is 1.68. The molecule has 2 rings (SSSR count). The van der Waals surface area contributed by atoms with Gasteiger partial charge in [-0.05, 0) is 25.5 Å². The molecule has 1 aliphatic heterocycles. The maximum absolute atomic E-state index is 5.32. The van der Waals surface area contributed by atoms with E-state index in [1.807, 2.05) is 0 Å². The maximum Gasteiger partial charge on any atom is 0.0594 e. The van der Waals surface area contributed by atoms with E-state index in [4.69, 9.17) is 4.74 Å². The van der Waals surface area contributed by atoms with E-state index in [0.717, 1.165) is 32.8 Å². The van der Waals surface area contributed by atoms with Gasteiger partial charge in [0.05, 0.1) is 13.2 Å². The zero-order chi connectivity index (χ0) is 10.5. The summed E-state index contributed by atoms with van der Waals surface area (Å²) >= 11 is 0. The number of ether oxygens (including phenoxy) is 1. The van der Waals surface area contributed by atoms with Crippen LogP contribution in [0.15, 0.2) is 18.3 Å². The van der Waals surface area contributed by atoms with Crippen LogP contribution < -0.4 is 0 Å². The van der Waals surface area contributed by atoms with E-state index in [-0.39, 0.29) is 0 Å². The average Bonchev–Trinajstić information content (AvgIpc) is 2.66. The summed E-state index contributed by atoms with van der Waals surface area (Å²) in [6, 6.07) is 4.28. The largest absolute Gasteiger partial charge is 0.379 e. The van der Waals surface area contributed by atoms with Gasteiger partial charge >= 0.3 is 0 Å². The summed E-state index contributed by atoms with van der Waals surface area (Å²) in [4.78, 5) is 2.49. The minimum absolute atomic E-state index is 0.905. The fraction of sp³-hybridized carbons (Fsp3) is 0.667. The summed E-state index contributed by atoms with van der Waals surface area (Å²) in [5, 5.41) is 0. The van der Waals surface area contributed by atoms with E-state index in [9.17, 15) is 0 Å². The summed E-state index contributed by atoms with van der Waals surface area (Å²) in [5.74, 6) is 0. The quantitative estimate of drug-likeness (QED) is 0.746. The highest BCUT2D eigenvalue weighted by Crippen LogP contribution is 2.03. The number of hydrogen-bond donors (Lipinski definition) is 0. The van der Waals surface area contributed by atoms with Gasteiger partial charge in [0.2, 0.25) is 0 Å². The molecule has 1 aromatic rings. The lowest BCUT2D eigenvalue weighted by atomic mass is 10.3. The van der Waals surface area contributed by atoms with E-state index in [1.54, 1.807) is 0 Å². The van der Waals surface area contributed by atoms with Gasteiger partial charge in [-0.25, -0.2) is 0 Å². The lowest BCUT2D eigenvalue weighted by Crippen LogP contribution is -2.37. The SMILES string of the molecule is Cc1cccn1CCCN1CCOCC1. The van der Waals surface area contributed by atoms with Crippen LogP contribution in [0.3, 0.4) is 0 Å². The zero-order valence-electron chi connectivity index (χ0n) is 9.48. The Morgan fingerprint density at radius 3 is 2.73 bits per heavy atom. The minimum Gasteiger partial charge on any atom is -0.379 e. The van der Waals surface area contributed by atoms with Crippen LogP contribution in [0.1, 0.15) is 12.1 Å². The van der Waals surface area contributed by atoms with E-state index in [1.165, 1.54) is 18.7 Å². The first-order chi connectivity index (χ1) is 7.36. The lowest BCUT2D eigenvalue weighted by molar-refractivity contribution is 0.0369. The second-order valence-electron chi connectivity index (χ2n) is 4.15. The van der Waals surface area contributed by atoms with Crippen molar-refractivity contribution in [3.05, 3.63) is 24.0 Å². The van der Waals surface area contributed by atoms with Crippen molar-refractivity contribution >= 4 is 0 Å². The second kappa shape index (κ2) is 5.33. The molecule has 2 heterocycles. The first-order valence-corrected chi connectivity index (χ1v) is 5.78. The van der Waals surface area contributed by atoms with E-state index in [0.29, 0.717) is 0 Å². The molecule has 0 amide bonds. The Labute approximate surface area is 91.6 Å². The van der Waals surface area contributed by atoms with Gasteiger partial charge < -0.3 is 9.30 Å². The highest BCUT2D eigenvalue weighted by molar-refractivity contribution is 5.04. The van der Waals surface area contributed by atoms with Crippen molar-refractivity contribution in [1.82, 2.24) is 9.47 Å². The molecule has 84 valence electrons. The molecule has 15 heavy (non-hydrogen) atoms. The average molecular weight is 208 g/mol. The molecule has 0 N–H and O–H groups in total. The minimum atomic E-state index is 0.905. The fourth-order valence-corrected chi connectivity index (χ4v) is 2.04. The molecule has 0 aromatic carbocycles.